The van der Waals surface area contributed by atoms with E-state index in [1.807, 2.05) is 11.8 Å². The Balaban J connectivity index is 1.59. The summed E-state index contributed by atoms with van der Waals surface area (Å²) in [6.45, 7) is 3.41. The zero-order chi connectivity index (χ0) is 14.2. The van der Waals surface area contributed by atoms with Crippen LogP contribution in [-0.2, 0) is 4.79 Å². The fraction of sp³-hybridized carbons (Fsp3) is 0.938. The number of carbonyl (C=O) groups excluding carboxylic acids is 1. The fourth-order valence-corrected chi connectivity index (χ4v) is 4.21. The van der Waals surface area contributed by atoms with E-state index in [1.165, 1.54) is 25.7 Å². The summed E-state index contributed by atoms with van der Waals surface area (Å²) >= 11 is 0. The molecule has 3 rings (SSSR count). The van der Waals surface area contributed by atoms with Crippen LogP contribution in [0.5, 0.6) is 0 Å². The van der Waals surface area contributed by atoms with Gasteiger partial charge in [0.05, 0.1) is 11.6 Å². The Morgan fingerprint density at radius 1 is 1.20 bits per heavy atom. The van der Waals surface area contributed by atoms with Gasteiger partial charge >= 0.3 is 0 Å². The number of fused-ring (bicyclic) bond motifs is 1. The molecule has 4 atom stereocenters. The maximum absolute atomic E-state index is 12.7. The lowest BCUT2D eigenvalue weighted by atomic mass is 9.85. The van der Waals surface area contributed by atoms with Gasteiger partial charge in [-0.25, -0.2) is 0 Å². The number of carbonyl (C=O) groups is 1. The summed E-state index contributed by atoms with van der Waals surface area (Å²) in [5, 5.41) is 13.7. The van der Waals surface area contributed by atoms with Crippen LogP contribution in [0.4, 0.5) is 0 Å². The molecule has 2 N–H and O–H groups in total. The molecule has 0 radical (unpaired) electrons. The lowest BCUT2D eigenvalue weighted by Gasteiger charge is -2.26. The third kappa shape index (κ3) is 3.01. The van der Waals surface area contributed by atoms with Crippen molar-refractivity contribution in [1.29, 1.82) is 0 Å². The highest BCUT2D eigenvalue weighted by Crippen LogP contribution is 2.34. The minimum atomic E-state index is -0.591. The van der Waals surface area contributed by atoms with E-state index >= 15 is 0 Å². The zero-order valence-corrected chi connectivity index (χ0v) is 12.6. The average molecular weight is 280 g/mol. The summed E-state index contributed by atoms with van der Waals surface area (Å²) < 4.78 is 0. The maximum atomic E-state index is 12.7. The molecule has 1 amide bonds. The Morgan fingerprint density at radius 3 is 2.80 bits per heavy atom. The molecule has 1 saturated carbocycles. The van der Waals surface area contributed by atoms with Crippen molar-refractivity contribution < 1.29 is 9.90 Å². The number of hydrogen-bond acceptors (Lipinski definition) is 3. The molecule has 0 bridgehead atoms. The first-order chi connectivity index (χ1) is 9.55. The molecule has 4 heteroatoms. The summed E-state index contributed by atoms with van der Waals surface area (Å²) in [6.07, 6.45) is 8.62. The number of nitrogens with one attached hydrogen (secondary N) is 1. The van der Waals surface area contributed by atoms with Crippen molar-refractivity contribution in [2.75, 3.05) is 13.1 Å². The standard InChI is InChI=1S/C16H28N2O2/c1-16(20)7-4-9-18(10-8-16)15(19)14-11-12-5-2-3-6-13(12)17-14/h12-14,17,20H,2-11H2,1H3. The third-order valence-corrected chi connectivity index (χ3v) is 5.54. The molecule has 0 aromatic heterocycles. The zero-order valence-electron chi connectivity index (χ0n) is 12.6. The number of amides is 1. The van der Waals surface area contributed by atoms with E-state index in [-0.39, 0.29) is 11.9 Å². The van der Waals surface area contributed by atoms with Crippen LogP contribution in [0.1, 0.15) is 58.3 Å². The molecule has 3 aliphatic rings. The van der Waals surface area contributed by atoms with E-state index in [2.05, 4.69) is 5.32 Å². The summed E-state index contributed by atoms with van der Waals surface area (Å²) in [4.78, 5) is 14.7. The van der Waals surface area contributed by atoms with Gasteiger partial charge in [0.1, 0.15) is 0 Å². The molecular weight excluding hydrogens is 252 g/mol. The molecule has 0 spiro atoms. The van der Waals surface area contributed by atoms with E-state index < -0.39 is 5.60 Å². The van der Waals surface area contributed by atoms with Crippen LogP contribution in [0.3, 0.4) is 0 Å². The van der Waals surface area contributed by atoms with Gasteiger partial charge in [-0.05, 0) is 51.4 Å². The third-order valence-electron chi connectivity index (χ3n) is 5.54. The Kier molecular flexibility index (Phi) is 4.04. The Morgan fingerprint density at radius 2 is 2.00 bits per heavy atom. The van der Waals surface area contributed by atoms with Gasteiger partial charge in [-0.3, -0.25) is 4.79 Å². The second kappa shape index (κ2) is 5.64. The average Bonchev–Trinajstić information content (AvgIpc) is 2.77. The minimum absolute atomic E-state index is 0.0335. The molecular formula is C16H28N2O2. The van der Waals surface area contributed by atoms with E-state index in [9.17, 15) is 9.90 Å². The smallest absolute Gasteiger partial charge is 0.239 e. The second-order valence-electron chi connectivity index (χ2n) is 7.28. The van der Waals surface area contributed by atoms with Gasteiger partial charge in [-0.15, -0.1) is 0 Å². The van der Waals surface area contributed by atoms with Gasteiger partial charge in [0, 0.05) is 19.1 Å². The number of nitrogens with zero attached hydrogens (tertiary/aromatic N) is 1. The van der Waals surface area contributed by atoms with Crippen molar-refractivity contribution in [2.24, 2.45) is 5.92 Å². The maximum Gasteiger partial charge on any atom is 0.239 e. The molecule has 114 valence electrons. The molecule has 4 unspecified atom stereocenters. The largest absolute Gasteiger partial charge is 0.390 e. The van der Waals surface area contributed by atoms with E-state index in [1.54, 1.807) is 0 Å². The van der Waals surface area contributed by atoms with Crippen LogP contribution in [0.25, 0.3) is 0 Å². The molecule has 3 fully saturated rings. The van der Waals surface area contributed by atoms with Gasteiger partial charge in [0.2, 0.25) is 5.91 Å². The van der Waals surface area contributed by atoms with Crippen molar-refractivity contribution in [3.63, 3.8) is 0 Å². The van der Waals surface area contributed by atoms with Gasteiger partial charge in [0.25, 0.3) is 0 Å². The number of likely N-dealkylation sites (tertiary alicyclic amines) is 1. The molecule has 0 aromatic carbocycles. The van der Waals surface area contributed by atoms with Crippen LogP contribution in [0.15, 0.2) is 0 Å². The second-order valence-corrected chi connectivity index (χ2v) is 7.28. The Labute approximate surface area is 121 Å². The highest BCUT2D eigenvalue weighted by molar-refractivity contribution is 5.82. The lowest BCUT2D eigenvalue weighted by Crippen LogP contribution is -2.46. The topological polar surface area (TPSA) is 52.6 Å². The molecule has 2 heterocycles. The van der Waals surface area contributed by atoms with Crippen molar-refractivity contribution in [1.82, 2.24) is 10.2 Å². The van der Waals surface area contributed by atoms with E-state index in [0.717, 1.165) is 25.8 Å². The molecule has 4 nitrogen and oxygen atoms in total. The monoisotopic (exact) mass is 280 g/mol. The fourth-order valence-electron chi connectivity index (χ4n) is 4.21. The quantitative estimate of drug-likeness (QED) is 0.768. The predicted molar refractivity (Wildman–Crippen MR) is 78.3 cm³/mol. The van der Waals surface area contributed by atoms with E-state index in [0.29, 0.717) is 24.9 Å². The Bertz CT molecular complexity index is 351. The number of aliphatic hydroxyl groups is 1. The van der Waals surface area contributed by atoms with Gasteiger partial charge in [-0.2, -0.15) is 0 Å². The first-order valence-corrected chi connectivity index (χ1v) is 8.32. The van der Waals surface area contributed by atoms with Gasteiger partial charge in [-0.1, -0.05) is 12.8 Å². The van der Waals surface area contributed by atoms with Crippen LogP contribution in [0, 0.1) is 5.92 Å². The number of rotatable bonds is 1. The van der Waals surface area contributed by atoms with E-state index in [4.69, 9.17) is 0 Å². The van der Waals surface area contributed by atoms with Gasteiger partial charge in [0.15, 0.2) is 0 Å². The summed E-state index contributed by atoms with van der Waals surface area (Å²) in [5.74, 6) is 0.991. The molecule has 2 aliphatic heterocycles. The SMILES string of the molecule is CC1(O)CCCN(C(=O)C2CC3CCCCC3N2)CC1. The molecule has 20 heavy (non-hydrogen) atoms. The number of hydrogen-bond donors (Lipinski definition) is 2. The first kappa shape index (κ1) is 14.3. The van der Waals surface area contributed by atoms with Crippen LogP contribution >= 0.6 is 0 Å². The molecule has 0 aromatic rings. The van der Waals surface area contributed by atoms with Gasteiger partial charge < -0.3 is 15.3 Å². The summed E-state index contributed by atoms with van der Waals surface area (Å²) in [7, 11) is 0. The van der Waals surface area contributed by atoms with Crippen LogP contribution < -0.4 is 5.32 Å². The molecule has 1 aliphatic carbocycles. The first-order valence-electron chi connectivity index (χ1n) is 8.32. The van der Waals surface area contributed by atoms with Crippen molar-refractivity contribution in [2.45, 2.75) is 76.0 Å². The Hall–Kier alpha value is -0.610. The van der Waals surface area contributed by atoms with Crippen molar-refractivity contribution in [3.05, 3.63) is 0 Å². The van der Waals surface area contributed by atoms with Crippen LogP contribution in [0.2, 0.25) is 0 Å². The van der Waals surface area contributed by atoms with Crippen molar-refractivity contribution in [3.8, 4) is 0 Å². The predicted octanol–water partition coefficient (Wildman–Crippen LogP) is 1.67. The lowest BCUT2D eigenvalue weighted by molar-refractivity contribution is -0.133. The highest BCUT2D eigenvalue weighted by atomic mass is 16.3. The normalized spacial score (nSPS) is 42.1. The highest BCUT2D eigenvalue weighted by Gasteiger charge is 2.40. The van der Waals surface area contributed by atoms with Crippen molar-refractivity contribution >= 4 is 5.91 Å². The summed E-state index contributed by atoms with van der Waals surface area (Å²) in [6, 6.07) is 0.610. The minimum Gasteiger partial charge on any atom is -0.390 e. The van der Waals surface area contributed by atoms with Crippen LogP contribution in [-0.4, -0.2) is 46.7 Å². The molecule has 2 saturated heterocycles. The summed E-state index contributed by atoms with van der Waals surface area (Å²) in [5.41, 5.74) is -0.591.